The summed E-state index contributed by atoms with van der Waals surface area (Å²) >= 11 is 19.0. The molecule has 2 nitrogen and oxygen atoms in total. The molecule has 0 unspecified atom stereocenters. The van der Waals surface area contributed by atoms with Gasteiger partial charge < -0.3 is 10.6 Å². The Labute approximate surface area is 137 Å². The monoisotopic (exact) mass is 342 g/mol. The quantitative estimate of drug-likeness (QED) is 0.566. The molecule has 6 heteroatoms. The lowest BCUT2D eigenvalue weighted by atomic mass is 10.3. The Balaban J connectivity index is 2.07. The van der Waals surface area contributed by atoms with Gasteiger partial charge >= 0.3 is 0 Å². The van der Waals surface area contributed by atoms with Crippen molar-refractivity contribution in [2.24, 2.45) is 0 Å². The molecule has 0 aliphatic rings. The zero-order chi connectivity index (χ0) is 14.5. The fourth-order valence-electron chi connectivity index (χ4n) is 1.58. The Kier molecular flexibility index (Phi) is 5.54. The number of benzene rings is 2. The van der Waals surface area contributed by atoms with Crippen LogP contribution in [-0.2, 0) is 0 Å². The van der Waals surface area contributed by atoms with Crippen LogP contribution in [0.4, 0.5) is 11.4 Å². The number of hydrogen-bond acceptors (Lipinski definition) is 2. The van der Waals surface area contributed by atoms with Crippen molar-refractivity contribution in [3.8, 4) is 0 Å². The second-order valence-corrected chi connectivity index (χ2v) is 6.07. The van der Waals surface area contributed by atoms with Crippen LogP contribution in [0.5, 0.6) is 0 Å². The maximum atomic E-state index is 6.08. The Bertz CT molecular complexity index is 632. The van der Waals surface area contributed by atoms with Gasteiger partial charge in [-0.25, -0.2) is 0 Å². The minimum absolute atomic E-state index is 0.465. The molecule has 104 valence electrons. The summed E-state index contributed by atoms with van der Waals surface area (Å²) in [4.78, 5) is 1.17. The fraction of sp³-hybridized carbons (Fsp3) is 0.0714. The van der Waals surface area contributed by atoms with E-state index in [1.165, 1.54) is 4.90 Å². The second kappa shape index (κ2) is 7.18. The SMILES string of the molecule is CSc1cccc(NC(=S)Nc2cc(Cl)ccc2Cl)c1. The van der Waals surface area contributed by atoms with Crippen molar-refractivity contribution in [1.82, 2.24) is 0 Å². The molecule has 0 spiro atoms. The first-order valence-electron chi connectivity index (χ1n) is 5.75. The van der Waals surface area contributed by atoms with Crippen molar-refractivity contribution < 1.29 is 0 Å². The smallest absolute Gasteiger partial charge is 0.175 e. The van der Waals surface area contributed by atoms with E-state index in [0.717, 1.165) is 5.69 Å². The highest BCUT2D eigenvalue weighted by Gasteiger charge is 2.04. The highest BCUT2D eigenvalue weighted by Crippen LogP contribution is 2.26. The Morgan fingerprint density at radius 3 is 2.65 bits per heavy atom. The van der Waals surface area contributed by atoms with Crippen molar-refractivity contribution in [2.75, 3.05) is 16.9 Å². The van der Waals surface area contributed by atoms with Crippen LogP contribution >= 0.6 is 47.2 Å². The molecule has 0 fully saturated rings. The van der Waals surface area contributed by atoms with Gasteiger partial charge in [0.15, 0.2) is 5.11 Å². The number of anilines is 2. The summed E-state index contributed by atoms with van der Waals surface area (Å²) in [5.41, 5.74) is 1.60. The lowest BCUT2D eigenvalue weighted by Gasteiger charge is -2.12. The Hall–Kier alpha value is -0.940. The van der Waals surface area contributed by atoms with Gasteiger partial charge in [0.25, 0.3) is 0 Å². The van der Waals surface area contributed by atoms with E-state index in [-0.39, 0.29) is 0 Å². The topological polar surface area (TPSA) is 24.1 Å². The van der Waals surface area contributed by atoms with Gasteiger partial charge in [-0.1, -0.05) is 29.3 Å². The van der Waals surface area contributed by atoms with Gasteiger partial charge in [-0.05, 0) is 54.9 Å². The van der Waals surface area contributed by atoms with Gasteiger partial charge in [-0.2, -0.15) is 0 Å². The van der Waals surface area contributed by atoms with Crippen LogP contribution in [0.1, 0.15) is 0 Å². The van der Waals surface area contributed by atoms with Crippen molar-refractivity contribution >= 4 is 63.7 Å². The normalized spacial score (nSPS) is 10.2. The molecule has 0 aromatic heterocycles. The molecule has 0 amide bonds. The Morgan fingerprint density at radius 2 is 1.90 bits per heavy atom. The van der Waals surface area contributed by atoms with Crippen molar-refractivity contribution in [2.45, 2.75) is 4.90 Å². The number of rotatable bonds is 3. The summed E-state index contributed by atoms with van der Waals surface area (Å²) in [6, 6.07) is 13.2. The van der Waals surface area contributed by atoms with E-state index in [4.69, 9.17) is 35.4 Å². The first kappa shape index (κ1) is 15.4. The van der Waals surface area contributed by atoms with E-state index >= 15 is 0 Å². The van der Waals surface area contributed by atoms with E-state index in [1.54, 1.807) is 30.0 Å². The zero-order valence-corrected chi connectivity index (χ0v) is 13.8. The molecular weight excluding hydrogens is 331 g/mol. The van der Waals surface area contributed by atoms with E-state index in [2.05, 4.69) is 10.6 Å². The standard InChI is InChI=1S/C14H12Cl2N2S2/c1-20-11-4-2-3-10(8-11)17-14(19)18-13-7-9(15)5-6-12(13)16/h2-8H,1H3,(H2,17,18,19). The van der Waals surface area contributed by atoms with Crippen LogP contribution in [0.3, 0.4) is 0 Å². The predicted molar refractivity (Wildman–Crippen MR) is 94.5 cm³/mol. The third-order valence-corrected chi connectivity index (χ3v) is 4.00. The number of hydrogen-bond donors (Lipinski definition) is 2. The predicted octanol–water partition coefficient (Wildman–Crippen LogP) is 5.52. The average Bonchev–Trinajstić information content (AvgIpc) is 2.43. The van der Waals surface area contributed by atoms with E-state index in [1.807, 2.05) is 30.5 Å². The molecule has 0 atom stereocenters. The third-order valence-electron chi connectivity index (χ3n) is 2.50. The van der Waals surface area contributed by atoms with Gasteiger partial charge in [0.05, 0.1) is 10.7 Å². The second-order valence-electron chi connectivity index (χ2n) is 3.94. The molecule has 20 heavy (non-hydrogen) atoms. The van der Waals surface area contributed by atoms with Crippen molar-refractivity contribution in [3.63, 3.8) is 0 Å². The first-order chi connectivity index (χ1) is 9.58. The highest BCUT2D eigenvalue weighted by atomic mass is 35.5. The molecule has 0 aliphatic heterocycles. The highest BCUT2D eigenvalue weighted by molar-refractivity contribution is 7.98. The number of thioether (sulfide) groups is 1. The summed E-state index contributed by atoms with van der Waals surface area (Å²) in [5, 5.41) is 7.78. The molecule has 2 N–H and O–H groups in total. The molecule has 0 saturated carbocycles. The van der Waals surface area contributed by atoms with Crippen LogP contribution in [-0.4, -0.2) is 11.4 Å². The molecule has 0 saturated heterocycles. The van der Waals surface area contributed by atoms with Crippen molar-refractivity contribution in [3.05, 3.63) is 52.5 Å². The number of nitrogens with one attached hydrogen (secondary N) is 2. The zero-order valence-electron chi connectivity index (χ0n) is 10.6. The molecule has 2 aromatic rings. The number of thiocarbonyl (C=S) groups is 1. The lowest BCUT2D eigenvalue weighted by molar-refractivity contribution is 1.46. The van der Waals surface area contributed by atoms with Gasteiger partial charge in [-0.3, -0.25) is 0 Å². The number of halogens is 2. The van der Waals surface area contributed by atoms with Crippen LogP contribution in [0.2, 0.25) is 10.0 Å². The third kappa shape index (κ3) is 4.28. The van der Waals surface area contributed by atoms with Crippen LogP contribution < -0.4 is 10.6 Å². The summed E-state index contributed by atoms with van der Waals surface area (Å²) < 4.78 is 0. The maximum Gasteiger partial charge on any atom is 0.175 e. The molecule has 0 radical (unpaired) electrons. The fourth-order valence-corrected chi connectivity index (χ4v) is 2.60. The molecular formula is C14H12Cl2N2S2. The van der Waals surface area contributed by atoms with Crippen LogP contribution in [0.25, 0.3) is 0 Å². The van der Waals surface area contributed by atoms with Gasteiger partial charge in [-0.15, -0.1) is 11.8 Å². The minimum atomic E-state index is 0.465. The molecule has 0 aliphatic carbocycles. The average molecular weight is 343 g/mol. The molecule has 0 heterocycles. The van der Waals surface area contributed by atoms with Crippen LogP contribution in [0, 0.1) is 0 Å². The van der Waals surface area contributed by atoms with Crippen molar-refractivity contribution in [1.29, 1.82) is 0 Å². The summed E-state index contributed by atoms with van der Waals surface area (Å²) in [7, 11) is 0. The van der Waals surface area contributed by atoms with Crippen LogP contribution in [0.15, 0.2) is 47.4 Å². The summed E-state index contributed by atoms with van der Waals surface area (Å²) in [5.74, 6) is 0. The first-order valence-corrected chi connectivity index (χ1v) is 8.14. The Morgan fingerprint density at radius 1 is 1.10 bits per heavy atom. The van der Waals surface area contributed by atoms with Gasteiger partial charge in [0, 0.05) is 15.6 Å². The maximum absolute atomic E-state index is 6.08. The summed E-state index contributed by atoms with van der Waals surface area (Å²) in [6.45, 7) is 0. The van der Waals surface area contributed by atoms with Gasteiger partial charge in [0.1, 0.15) is 0 Å². The largest absolute Gasteiger partial charge is 0.332 e. The lowest BCUT2D eigenvalue weighted by Crippen LogP contribution is -2.19. The molecule has 2 aromatic carbocycles. The minimum Gasteiger partial charge on any atom is -0.332 e. The van der Waals surface area contributed by atoms with E-state index in [0.29, 0.717) is 20.8 Å². The van der Waals surface area contributed by atoms with E-state index < -0.39 is 0 Å². The molecule has 2 rings (SSSR count). The van der Waals surface area contributed by atoms with Gasteiger partial charge in [0.2, 0.25) is 0 Å². The van der Waals surface area contributed by atoms with E-state index in [9.17, 15) is 0 Å². The summed E-state index contributed by atoms with van der Waals surface area (Å²) in [6.07, 6.45) is 2.03. The molecule has 0 bridgehead atoms.